The fraction of sp³-hybridized carbons (Fsp3) is 0.706. The van der Waals surface area contributed by atoms with E-state index in [4.69, 9.17) is 22.3 Å². The highest BCUT2D eigenvalue weighted by Crippen LogP contribution is 2.04. The van der Waals surface area contributed by atoms with E-state index in [-0.39, 0.29) is 18.9 Å². The van der Waals surface area contributed by atoms with Crippen LogP contribution in [-0.4, -0.2) is 89.2 Å². The minimum atomic E-state index is -1.42. The van der Waals surface area contributed by atoms with Crippen LogP contribution in [0.1, 0.15) is 26.2 Å². The van der Waals surface area contributed by atoms with Gasteiger partial charge < -0.3 is 43.4 Å². The maximum atomic E-state index is 12.7. The van der Waals surface area contributed by atoms with Gasteiger partial charge in [-0.25, -0.2) is 0 Å². The predicted molar refractivity (Wildman–Crippen MR) is 117 cm³/mol. The maximum absolute atomic E-state index is 12.7. The molecule has 14 heteroatoms. The number of carbonyl (C=O) groups excluding carboxylic acids is 3. The normalized spacial score (nSPS) is 14.5. The molecule has 0 aliphatic carbocycles. The molecule has 4 unspecified atom stereocenters. The first-order chi connectivity index (χ1) is 14.5. The first-order valence-corrected chi connectivity index (χ1v) is 11.0. The van der Waals surface area contributed by atoms with Crippen LogP contribution < -0.4 is 33.2 Å². The average molecular weight is 464 g/mol. The molecule has 0 fully saturated rings. The molecule has 0 bridgehead atoms. The van der Waals surface area contributed by atoms with Crippen LogP contribution in [0.25, 0.3) is 0 Å². The molecule has 0 aliphatic heterocycles. The number of rotatable bonds is 15. The second-order valence-electron chi connectivity index (χ2n) is 6.74. The summed E-state index contributed by atoms with van der Waals surface area (Å²) < 4.78 is 0. The summed E-state index contributed by atoms with van der Waals surface area (Å²) in [4.78, 5) is 51.7. The fourth-order valence-electron chi connectivity index (χ4n) is 2.36. The largest absolute Gasteiger partial charge is 0.480 e. The summed E-state index contributed by atoms with van der Waals surface area (Å²) in [5.41, 5.74) is 16.4. The summed E-state index contributed by atoms with van der Waals surface area (Å²) in [6.45, 7) is 0.788. The molecule has 4 atom stereocenters. The molecule has 13 nitrogen and oxygen atoms in total. The lowest BCUT2D eigenvalue weighted by molar-refractivity contribution is -0.139. The number of hydrogen-bond acceptors (Lipinski definition) is 8. The van der Waals surface area contributed by atoms with Crippen molar-refractivity contribution in [3.8, 4) is 0 Å². The summed E-state index contributed by atoms with van der Waals surface area (Å²) in [7, 11) is 0. The van der Waals surface area contributed by atoms with Gasteiger partial charge >= 0.3 is 5.97 Å². The number of nitrogens with two attached hydrogens (primary N) is 3. The van der Waals surface area contributed by atoms with Crippen LogP contribution in [0.3, 0.4) is 0 Å². The summed E-state index contributed by atoms with van der Waals surface area (Å²) in [6.07, 6.45) is 1.42. The van der Waals surface area contributed by atoms with Crippen molar-refractivity contribution in [1.29, 1.82) is 0 Å². The number of nitrogens with one attached hydrogen (secondary N) is 3. The van der Waals surface area contributed by atoms with Crippen molar-refractivity contribution < 1.29 is 29.4 Å². The molecule has 0 aliphatic rings. The van der Waals surface area contributed by atoms with Gasteiger partial charge in [-0.2, -0.15) is 11.8 Å². The molecule has 11 N–H and O–H groups in total. The van der Waals surface area contributed by atoms with Crippen LogP contribution in [0.4, 0.5) is 0 Å². The summed E-state index contributed by atoms with van der Waals surface area (Å²) in [5, 5.41) is 25.5. The monoisotopic (exact) mass is 463 g/mol. The van der Waals surface area contributed by atoms with Crippen LogP contribution in [0.2, 0.25) is 0 Å². The quantitative estimate of drug-likeness (QED) is 0.0683. The van der Waals surface area contributed by atoms with Crippen molar-refractivity contribution in [3.05, 3.63) is 0 Å². The molecule has 0 aromatic rings. The van der Waals surface area contributed by atoms with E-state index in [0.717, 1.165) is 0 Å². The van der Waals surface area contributed by atoms with E-state index in [1.165, 1.54) is 18.7 Å². The minimum absolute atomic E-state index is 0.117. The lowest BCUT2D eigenvalue weighted by Gasteiger charge is -2.25. The number of guanidine groups is 1. The molecule has 0 heterocycles. The van der Waals surface area contributed by atoms with Gasteiger partial charge in [-0.05, 0) is 38.2 Å². The zero-order valence-electron chi connectivity index (χ0n) is 17.7. The van der Waals surface area contributed by atoms with E-state index in [0.29, 0.717) is 18.6 Å². The smallest absolute Gasteiger partial charge is 0.322 e. The zero-order valence-corrected chi connectivity index (χ0v) is 18.5. The van der Waals surface area contributed by atoms with Crippen molar-refractivity contribution in [1.82, 2.24) is 16.0 Å². The highest BCUT2D eigenvalue weighted by atomic mass is 32.2. The van der Waals surface area contributed by atoms with E-state index < -0.39 is 54.5 Å². The zero-order chi connectivity index (χ0) is 24.0. The molecule has 178 valence electrons. The molecule has 0 aromatic carbocycles. The number of carboxylic acids is 1. The number of carboxylic acid groups (broad SMARTS) is 1. The molecule has 0 aromatic heterocycles. The summed E-state index contributed by atoms with van der Waals surface area (Å²) in [5.74, 6) is -2.91. The molecule has 31 heavy (non-hydrogen) atoms. The first-order valence-electron chi connectivity index (χ1n) is 9.57. The highest BCUT2D eigenvalue weighted by molar-refractivity contribution is 7.98. The Balaban J connectivity index is 5.24. The van der Waals surface area contributed by atoms with Gasteiger partial charge in [0, 0.05) is 6.54 Å². The molecular formula is C17H33N7O6S. The van der Waals surface area contributed by atoms with E-state index in [2.05, 4.69) is 20.9 Å². The number of aliphatic hydroxyl groups is 1. The Morgan fingerprint density at radius 2 is 1.71 bits per heavy atom. The lowest BCUT2D eigenvalue weighted by Crippen LogP contribution is -2.58. The van der Waals surface area contributed by atoms with Crippen LogP contribution in [0.5, 0.6) is 0 Å². The van der Waals surface area contributed by atoms with Crippen molar-refractivity contribution in [2.45, 2.75) is 50.4 Å². The second kappa shape index (κ2) is 15.3. The highest BCUT2D eigenvalue weighted by Gasteiger charge is 2.30. The molecule has 0 spiro atoms. The Morgan fingerprint density at radius 1 is 1.06 bits per heavy atom. The molecule has 3 amide bonds. The minimum Gasteiger partial charge on any atom is -0.480 e. The molecule has 0 saturated heterocycles. The number of aliphatic carboxylic acids is 1. The number of amides is 3. The van der Waals surface area contributed by atoms with Gasteiger partial charge in [-0.15, -0.1) is 0 Å². The Labute approximate surface area is 185 Å². The summed E-state index contributed by atoms with van der Waals surface area (Å²) >= 11 is 1.52. The Bertz CT molecular complexity index is 642. The third-order valence-corrected chi connectivity index (χ3v) is 4.67. The van der Waals surface area contributed by atoms with Gasteiger partial charge in [0.15, 0.2) is 5.96 Å². The van der Waals surface area contributed by atoms with E-state index in [9.17, 15) is 24.3 Å². The van der Waals surface area contributed by atoms with Crippen LogP contribution in [-0.2, 0) is 19.2 Å². The van der Waals surface area contributed by atoms with Crippen molar-refractivity contribution in [2.75, 3.05) is 25.1 Å². The number of hydrogen-bond donors (Lipinski definition) is 8. The van der Waals surface area contributed by atoms with E-state index in [1.54, 1.807) is 0 Å². The third kappa shape index (κ3) is 12.7. The van der Waals surface area contributed by atoms with E-state index in [1.807, 2.05) is 6.26 Å². The number of aliphatic hydroxyl groups excluding tert-OH is 1. The van der Waals surface area contributed by atoms with Crippen molar-refractivity contribution in [3.63, 3.8) is 0 Å². The third-order valence-electron chi connectivity index (χ3n) is 4.02. The number of aliphatic imine (C=N–C) groups is 1. The SMILES string of the molecule is CSCCC(N)C(=O)NC(CCCN=C(N)N)C(=O)NC(C(=O)NCC(=O)O)C(C)O. The van der Waals surface area contributed by atoms with Crippen LogP contribution in [0.15, 0.2) is 4.99 Å². The van der Waals surface area contributed by atoms with Gasteiger partial charge in [-0.1, -0.05) is 0 Å². The molecule has 0 saturated carbocycles. The van der Waals surface area contributed by atoms with Gasteiger partial charge in [0.2, 0.25) is 17.7 Å². The molecule has 0 radical (unpaired) electrons. The summed E-state index contributed by atoms with van der Waals surface area (Å²) in [6, 6.07) is -3.32. The number of carbonyl (C=O) groups is 4. The topological polar surface area (TPSA) is 235 Å². The average Bonchev–Trinajstić information content (AvgIpc) is 2.69. The Kier molecular flexibility index (Phi) is 14.0. The van der Waals surface area contributed by atoms with Crippen molar-refractivity contribution in [2.24, 2.45) is 22.2 Å². The lowest BCUT2D eigenvalue weighted by atomic mass is 10.1. The molecule has 0 rings (SSSR count). The van der Waals surface area contributed by atoms with E-state index >= 15 is 0 Å². The second-order valence-corrected chi connectivity index (χ2v) is 7.72. The van der Waals surface area contributed by atoms with Crippen LogP contribution in [0, 0.1) is 0 Å². The number of nitrogens with zero attached hydrogens (tertiary/aromatic N) is 1. The first kappa shape index (κ1) is 28.4. The fourth-order valence-corrected chi connectivity index (χ4v) is 2.85. The standard InChI is InChI=1S/C17H33N7O6S/c1-9(25)13(16(30)22-8-12(26)27)24-15(29)11(4-3-6-21-17(19)20)23-14(28)10(18)5-7-31-2/h9-11,13,25H,3-8,18H2,1-2H3,(H,22,30)(H,23,28)(H,24,29)(H,26,27)(H4,19,20,21). The van der Waals surface area contributed by atoms with Gasteiger partial charge in [0.25, 0.3) is 0 Å². The van der Waals surface area contributed by atoms with Gasteiger partial charge in [0.1, 0.15) is 18.6 Å². The Morgan fingerprint density at radius 3 is 2.23 bits per heavy atom. The Hall–Kier alpha value is -2.58. The maximum Gasteiger partial charge on any atom is 0.322 e. The van der Waals surface area contributed by atoms with Crippen LogP contribution >= 0.6 is 11.8 Å². The predicted octanol–water partition coefficient (Wildman–Crippen LogP) is -3.33. The van der Waals surface area contributed by atoms with Gasteiger partial charge in [0.05, 0.1) is 12.1 Å². The van der Waals surface area contributed by atoms with Crippen molar-refractivity contribution >= 4 is 41.4 Å². The number of thioether (sulfide) groups is 1. The van der Waals surface area contributed by atoms with Gasteiger partial charge in [-0.3, -0.25) is 24.2 Å². The molecular weight excluding hydrogens is 430 g/mol.